The molecule has 34 heavy (non-hydrogen) atoms. The van der Waals surface area contributed by atoms with E-state index in [2.05, 4.69) is 0 Å². The molecule has 7 heteroatoms. The number of esters is 1. The number of halogens is 1. The van der Waals surface area contributed by atoms with Crippen LogP contribution in [0.4, 0.5) is 5.95 Å². The number of hydrogen-bond acceptors (Lipinski definition) is 4. The van der Waals surface area contributed by atoms with Crippen molar-refractivity contribution in [2.75, 3.05) is 18.1 Å². The number of para-hydroxylation sites is 2. The third-order valence-corrected chi connectivity index (χ3v) is 6.52. The van der Waals surface area contributed by atoms with Crippen LogP contribution in [0.3, 0.4) is 0 Å². The first kappa shape index (κ1) is 22.2. The lowest BCUT2D eigenvalue weighted by molar-refractivity contribution is -0.153. The van der Waals surface area contributed by atoms with Crippen LogP contribution in [0.25, 0.3) is 11.0 Å². The molecule has 5 rings (SSSR count). The van der Waals surface area contributed by atoms with Crippen molar-refractivity contribution >= 4 is 40.5 Å². The first-order valence-corrected chi connectivity index (χ1v) is 11.7. The van der Waals surface area contributed by atoms with Gasteiger partial charge in [-0.3, -0.25) is 14.5 Å². The van der Waals surface area contributed by atoms with E-state index in [4.69, 9.17) is 21.3 Å². The molecule has 0 N–H and O–H groups in total. The Morgan fingerprint density at radius 2 is 1.71 bits per heavy atom. The average Bonchev–Trinajstić information content (AvgIpc) is 3.23. The van der Waals surface area contributed by atoms with Gasteiger partial charge in [-0.2, -0.15) is 0 Å². The van der Waals surface area contributed by atoms with Gasteiger partial charge in [0, 0.05) is 11.6 Å². The molecule has 0 saturated carbocycles. The molecule has 1 aliphatic heterocycles. The van der Waals surface area contributed by atoms with Crippen molar-refractivity contribution in [3.8, 4) is 0 Å². The second kappa shape index (κ2) is 9.31. The minimum atomic E-state index is -1.08. The molecule has 1 aromatic heterocycles. The molecule has 172 valence electrons. The number of hydrogen-bond donors (Lipinski definition) is 0. The predicted molar refractivity (Wildman–Crippen MR) is 132 cm³/mol. The number of nitrogens with zero attached hydrogens (tertiary/aromatic N) is 3. The highest BCUT2D eigenvalue weighted by Crippen LogP contribution is 2.43. The number of carbonyl (C=O) groups excluding carboxylic acids is 2. The van der Waals surface area contributed by atoms with Crippen molar-refractivity contribution in [1.82, 2.24) is 9.55 Å². The van der Waals surface area contributed by atoms with Gasteiger partial charge in [-0.15, -0.1) is 0 Å². The molecule has 6 nitrogen and oxygen atoms in total. The zero-order chi connectivity index (χ0) is 23.7. The minimum Gasteiger partial charge on any atom is -0.465 e. The van der Waals surface area contributed by atoms with Crippen molar-refractivity contribution in [3.05, 3.63) is 95.0 Å². The van der Waals surface area contributed by atoms with Crippen LogP contribution in [-0.4, -0.2) is 34.6 Å². The van der Waals surface area contributed by atoms with Crippen LogP contribution >= 0.6 is 11.6 Å². The molecule has 0 aliphatic carbocycles. The Morgan fingerprint density at radius 1 is 1.00 bits per heavy atom. The van der Waals surface area contributed by atoms with Crippen molar-refractivity contribution in [2.45, 2.75) is 19.4 Å². The van der Waals surface area contributed by atoms with Gasteiger partial charge in [0.25, 0.3) is 0 Å². The van der Waals surface area contributed by atoms with Gasteiger partial charge in [0.2, 0.25) is 11.9 Å². The third kappa shape index (κ3) is 3.84. The first-order valence-electron chi connectivity index (χ1n) is 11.3. The molecule has 1 amide bonds. The fourth-order valence-corrected chi connectivity index (χ4v) is 4.89. The molecular formula is C27H24ClN3O3. The molecule has 0 radical (unpaired) electrons. The third-order valence-electron chi connectivity index (χ3n) is 6.18. The molecule has 2 heterocycles. The molecular weight excluding hydrogens is 450 g/mol. The monoisotopic (exact) mass is 473 g/mol. The molecule has 0 unspecified atom stereocenters. The van der Waals surface area contributed by atoms with Gasteiger partial charge in [-0.1, -0.05) is 72.3 Å². The maximum Gasteiger partial charge on any atom is 0.321 e. The van der Waals surface area contributed by atoms with Crippen molar-refractivity contribution in [3.63, 3.8) is 0 Å². The maximum atomic E-state index is 13.9. The van der Waals surface area contributed by atoms with Crippen LogP contribution in [-0.2, 0) is 20.7 Å². The smallest absolute Gasteiger partial charge is 0.321 e. The number of rotatable bonds is 6. The molecule has 0 spiro atoms. The van der Waals surface area contributed by atoms with Gasteiger partial charge in [0.05, 0.1) is 23.7 Å². The topological polar surface area (TPSA) is 64.4 Å². The standard InChI is InChI=1S/C27H24ClN3O3/c1-2-34-26(33)23-24(19-12-6-7-13-20(19)28)31-22-15-9-8-14-21(22)29-27(31)30(25(23)32)17-16-18-10-4-3-5-11-18/h3-15,23-24H,2,16-17H2,1H3/t23-,24-/m0/s1. The van der Waals surface area contributed by atoms with E-state index in [1.165, 1.54) is 0 Å². The van der Waals surface area contributed by atoms with Crippen molar-refractivity contribution in [2.24, 2.45) is 5.92 Å². The number of imidazole rings is 1. The summed E-state index contributed by atoms with van der Waals surface area (Å²) in [6.07, 6.45) is 0.627. The Kier molecular flexibility index (Phi) is 6.07. The van der Waals surface area contributed by atoms with E-state index in [0.717, 1.165) is 16.6 Å². The number of fused-ring (bicyclic) bond motifs is 3. The summed E-state index contributed by atoms with van der Waals surface area (Å²) in [5.41, 5.74) is 3.35. The van der Waals surface area contributed by atoms with Crippen LogP contribution in [0.1, 0.15) is 24.1 Å². The molecule has 3 aromatic carbocycles. The number of carbonyl (C=O) groups is 2. The Balaban J connectivity index is 1.70. The van der Waals surface area contributed by atoms with Crippen LogP contribution in [0.15, 0.2) is 78.9 Å². The summed E-state index contributed by atoms with van der Waals surface area (Å²) in [7, 11) is 0. The highest BCUT2D eigenvalue weighted by atomic mass is 35.5. The van der Waals surface area contributed by atoms with E-state index in [9.17, 15) is 9.59 Å². The van der Waals surface area contributed by atoms with E-state index in [-0.39, 0.29) is 12.5 Å². The van der Waals surface area contributed by atoms with Gasteiger partial charge in [-0.05, 0) is 42.7 Å². The van der Waals surface area contributed by atoms with E-state index >= 15 is 0 Å². The molecule has 2 atom stereocenters. The largest absolute Gasteiger partial charge is 0.465 e. The zero-order valence-electron chi connectivity index (χ0n) is 18.7. The highest BCUT2D eigenvalue weighted by Gasteiger charge is 2.48. The second-order valence-corrected chi connectivity index (χ2v) is 8.60. The summed E-state index contributed by atoms with van der Waals surface area (Å²) in [6.45, 7) is 2.30. The van der Waals surface area contributed by atoms with Gasteiger partial charge in [-0.25, -0.2) is 4.98 Å². The molecule has 4 aromatic rings. The maximum absolute atomic E-state index is 13.9. The van der Waals surface area contributed by atoms with Crippen LogP contribution in [0.5, 0.6) is 0 Å². The normalized spacial score (nSPS) is 17.6. The lowest BCUT2D eigenvalue weighted by atomic mass is 9.89. The Labute approximate surface area is 202 Å². The van der Waals surface area contributed by atoms with E-state index < -0.39 is 17.9 Å². The lowest BCUT2D eigenvalue weighted by Gasteiger charge is -2.38. The summed E-state index contributed by atoms with van der Waals surface area (Å²) in [5.74, 6) is -1.47. The van der Waals surface area contributed by atoms with Crippen molar-refractivity contribution in [1.29, 1.82) is 0 Å². The summed E-state index contributed by atoms with van der Waals surface area (Å²) in [6, 6.07) is 24.3. The van der Waals surface area contributed by atoms with Crippen LogP contribution < -0.4 is 4.90 Å². The highest BCUT2D eigenvalue weighted by molar-refractivity contribution is 6.31. The fourth-order valence-electron chi connectivity index (χ4n) is 4.64. The van der Waals surface area contributed by atoms with E-state index in [1.54, 1.807) is 17.9 Å². The van der Waals surface area contributed by atoms with E-state index in [1.807, 2.05) is 77.4 Å². The molecule has 0 fully saturated rings. The molecule has 0 bridgehead atoms. The van der Waals surface area contributed by atoms with Crippen LogP contribution in [0, 0.1) is 5.92 Å². The van der Waals surface area contributed by atoms with Gasteiger partial charge < -0.3 is 9.30 Å². The number of aromatic nitrogens is 2. The number of anilines is 1. The lowest BCUT2D eigenvalue weighted by Crippen LogP contribution is -2.50. The van der Waals surface area contributed by atoms with Gasteiger partial charge in [0.15, 0.2) is 5.92 Å². The Hall–Kier alpha value is -3.64. The predicted octanol–water partition coefficient (Wildman–Crippen LogP) is 5.05. The second-order valence-electron chi connectivity index (χ2n) is 8.19. The summed E-state index contributed by atoms with van der Waals surface area (Å²) >= 11 is 6.60. The number of benzene rings is 3. The molecule has 0 saturated heterocycles. The fraction of sp³-hybridized carbons (Fsp3) is 0.222. The van der Waals surface area contributed by atoms with Gasteiger partial charge >= 0.3 is 5.97 Å². The first-order chi connectivity index (χ1) is 16.6. The number of amides is 1. The summed E-state index contributed by atoms with van der Waals surface area (Å²) < 4.78 is 7.36. The van der Waals surface area contributed by atoms with Crippen molar-refractivity contribution < 1.29 is 14.3 Å². The zero-order valence-corrected chi connectivity index (χ0v) is 19.5. The van der Waals surface area contributed by atoms with Crippen LogP contribution in [0.2, 0.25) is 5.02 Å². The number of ether oxygens (including phenoxy) is 1. The summed E-state index contributed by atoms with van der Waals surface area (Å²) in [4.78, 5) is 33.6. The average molecular weight is 474 g/mol. The Bertz CT molecular complexity index is 1350. The van der Waals surface area contributed by atoms with E-state index in [0.29, 0.717) is 29.5 Å². The SMILES string of the molecule is CCOC(=O)[C@@H]1C(=O)N(CCc2ccccc2)c2nc3ccccc3n2[C@H]1c1ccccc1Cl. The Morgan fingerprint density at radius 3 is 2.47 bits per heavy atom. The van der Waals surface area contributed by atoms with Gasteiger partial charge in [0.1, 0.15) is 0 Å². The quantitative estimate of drug-likeness (QED) is 0.290. The minimum absolute atomic E-state index is 0.180. The summed E-state index contributed by atoms with van der Waals surface area (Å²) in [5, 5.41) is 0.482. The molecule has 1 aliphatic rings.